The van der Waals surface area contributed by atoms with Gasteiger partial charge >= 0.3 is 0 Å². The Morgan fingerprint density at radius 3 is 3.05 bits per heavy atom. The fourth-order valence-corrected chi connectivity index (χ4v) is 2.66. The summed E-state index contributed by atoms with van der Waals surface area (Å²) in [4.78, 5) is 18.3. The third-order valence-electron chi connectivity index (χ3n) is 3.86. The molecule has 0 aromatic carbocycles. The molecule has 2 aliphatic rings. The number of nitrogens with zero attached hydrogens (tertiary/aromatic N) is 2. The van der Waals surface area contributed by atoms with Crippen LogP contribution >= 0.6 is 0 Å². The van der Waals surface area contributed by atoms with Gasteiger partial charge in [-0.05, 0) is 23.6 Å². The zero-order valence-electron chi connectivity index (χ0n) is 11.2. The van der Waals surface area contributed by atoms with Crippen molar-refractivity contribution in [2.45, 2.75) is 13.0 Å². The normalized spacial score (nSPS) is 19.6. The lowest BCUT2D eigenvalue weighted by molar-refractivity contribution is -0.0480. The van der Waals surface area contributed by atoms with Crippen molar-refractivity contribution >= 4 is 5.91 Å². The number of carbonyl (C=O) groups excluding carboxylic acids is 1. The molecule has 1 aromatic heterocycles. The average molecular weight is 261 g/mol. The van der Waals surface area contributed by atoms with E-state index in [0.29, 0.717) is 11.6 Å². The number of pyridine rings is 1. The largest absolute Gasteiger partial charge is 0.381 e. The first-order valence-electron chi connectivity index (χ1n) is 6.76. The van der Waals surface area contributed by atoms with E-state index >= 15 is 0 Å². The first-order chi connectivity index (χ1) is 9.26. The van der Waals surface area contributed by atoms with Crippen LogP contribution in [-0.4, -0.2) is 49.1 Å². The van der Waals surface area contributed by atoms with Gasteiger partial charge in [0.15, 0.2) is 0 Å². The van der Waals surface area contributed by atoms with Crippen molar-refractivity contribution in [3.05, 3.63) is 29.1 Å². The van der Waals surface area contributed by atoms with Crippen molar-refractivity contribution in [1.82, 2.24) is 15.2 Å². The minimum absolute atomic E-state index is 0.114. The summed E-state index contributed by atoms with van der Waals surface area (Å²) in [6, 6.07) is 1.93. The monoisotopic (exact) mass is 261 g/mol. The van der Waals surface area contributed by atoms with E-state index in [4.69, 9.17) is 4.74 Å². The van der Waals surface area contributed by atoms with Crippen molar-refractivity contribution in [3.63, 3.8) is 0 Å². The van der Waals surface area contributed by atoms with Crippen LogP contribution in [0.5, 0.6) is 0 Å². The number of fused-ring (bicyclic) bond motifs is 1. The summed E-state index contributed by atoms with van der Waals surface area (Å²) in [7, 11) is 1.63. The van der Waals surface area contributed by atoms with E-state index in [1.165, 1.54) is 11.1 Å². The molecule has 0 spiro atoms. The Balaban J connectivity index is 1.69. The molecule has 0 radical (unpaired) electrons. The van der Waals surface area contributed by atoms with E-state index in [9.17, 15) is 4.79 Å². The molecule has 1 saturated heterocycles. The van der Waals surface area contributed by atoms with E-state index in [1.807, 2.05) is 12.3 Å². The fraction of sp³-hybridized carbons (Fsp3) is 0.571. The summed E-state index contributed by atoms with van der Waals surface area (Å²) in [5.41, 5.74) is 3.02. The maximum absolute atomic E-state index is 11.6. The third-order valence-corrected chi connectivity index (χ3v) is 3.86. The Labute approximate surface area is 113 Å². The molecule has 0 atom stereocenters. The molecule has 1 aromatic rings. The standard InChI is InChI=1S/C14H19N3O2/c1-15-14(18)13-4-11-2-3-17(6-10-8-19-9-10)7-12(11)5-16-13/h4-5,10H,2-3,6-9H2,1H3,(H,15,18). The second-order valence-corrected chi connectivity index (χ2v) is 5.31. The molecule has 19 heavy (non-hydrogen) atoms. The van der Waals surface area contributed by atoms with Gasteiger partial charge < -0.3 is 10.1 Å². The predicted molar refractivity (Wildman–Crippen MR) is 70.9 cm³/mol. The number of nitrogens with one attached hydrogen (secondary N) is 1. The van der Waals surface area contributed by atoms with Gasteiger partial charge in [0.25, 0.3) is 5.91 Å². The maximum atomic E-state index is 11.6. The van der Waals surface area contributed by atoms with Crippen molar-refractivity contribution in [3.8, 4) is 0 Å². The third kappa shape index (κ3) is 2.62. The number of amides is 1. The van der Waals surface area contributed by atoms with Crippen molar-refractivity contribution in [2.24, 2.45) is 5.92 Å². The molecule has 0 bridgehead atoms. The molecular weight excluding hydrogens is 242 g/mol. The summed E-state index contributed by atoms with van der Waals surface area (Å²) in [6.45, 7) is 4.90. The highest BCUT2D eigenvalue weighted by molar-refractivity contribution is 5.92. The first kappa shape index (κ1) is 12.6. The molecule has 0 unspecified atom stereocenters. The summed E-state index contributed by atoms with van der Waals surface area (Å²) in [6.07, 6.45) is 2.85. The van der Waals surface area contributed by atoms with Crippen molar-refractivity contribution in [1.29, 1.82) is 0 Å². The van der Waals surface area contributed by atoms with E-state index in [2.05, 4.69) is 15.2 Å². The summed E-state index contributed by atoms with van der Waals surface area (Å²) in [5, 5.41) is 2.61. The molecule has 3 rings (SSSR count). The molecule has 5 nitrogen and oxygen atoms in total. The number of carbonyl (C=O) groups is 1. The van der Waals surface area contributed by atoms with Gasteiger partial charge in [-0.1, -0.05) is 0 Å². The zero-order chi connectivity index (χ0) is 13.2. The van der Waals surface area contributed by atoms with Crippen LogP contribution in [0, 0.1) is 5.92 Å². The van der Waals surface area contributed by atoms with Gasteiger partial charge in [0.1, 0.15) is 5.69 Å². The zero-order valence-corrected chi connectivity index (χ0v) is 11.2. The van der Waals surface area contributed by atoms with E-state index in [1.54, 1.807) is 7.05 Å². The smallest absolute Gasteiger partial charge is 0.269 e. The lowest BCUT2D eigenvalue weighted by atomic mass is 9.99. The molecule has 2 aliphatic heterocycles. The number of aromatic nitrogens is 1. The van der Waals surface area contributed by atoms with Crippen molar-refractivity contribution < 1.29 is 9.53 Å². The minimum Gasteiger partial charge on any atom is -0.381 e. The van der Waals surface area contributed by atoms with Crippen LogP contribution in [0.1, 0.15) is 21.6 Å². The number of ether oxygens (including phenoxy) is 1. The highest BCUT2D eigenvalue weighted by atomic mass is 16.5. The second-order valence-electron chi connectivity index (χ2n) is 5.31. The SMILES string of the molecule is CNC(=O)c1cc2c(cn1)CN(CC1COC1)CC2. The highest BCUT2D eigenvalue weighted by Gasteiger charge is 2.24. The van der Waals surface area contributed by atoms with Gasteiger partial charge in [0.05, 0.1) is 13.2 Å². The predicted octanol–water partition coefficient (Wildman–Crippen LogP) is 0.446. The Bertz CT molecular complexity index is 486. The minimum atomic E-state index is -0.114. The summed E-state index contributed by atoms with van der Waals surface area (Å²) in [5.74, 6) is 0.580. The van der Waals surface area contributed by atoms with E-state index in [-0.39, 0.29) is 5.91 Å². The first-order valence-corrected chi connectivity index (χ1v) is 6.76. The molecule has 3 heterocycles. The van der Waals surface area contributed by atoms with Gasteiger partial charge in [0.2, 0.25) is 0 Å². The Morgan fingerprint density at radius 2 is 2.37 bits per heavy atom. The summed E-state index contributed by atoms with van der Waals surface area (Å²) < 4.78 is 5.22. The Morgan fingerprint density at radius 1 is 1.53 bits per heavy atom. The van der Waals surface area contributed by atoms with E-state index in [0.717, 1.165) is 39.3 Å². The molecule has 5 heteroatoms. The van der Waals surface area contributed by atoms with Crippen LogP contribution in [0.3, 0.4) is 0 Å². The number of hydrogen-bond acceptors (Lipinski definition) is 4. The van der Waals surface area contributed by atoms with Crippen LogP contribution in [0.2, 0.25) is 0 Å². The topological polar surface area (TPSA) is 54.5 Å². The summed E-state index contributed by atoms with van der Waals surface area (Å²) >= 11 is 0. The van der Waals surface area contributed by atoms with Gasteiger partial charge in [0, 0.05) is 38.8 Å². The van der Waals surface area contributed by atoms with Crippen LogP contribution in [0.15, 0.2) is 12.3 Å². The molecular formula is C14H19N3O2. The molecule has 1 N–H and O–H groups in total. The number of hydrogen-bond donors (Lipinski definition) is 1. The van der Waals surface area contributed by atoms with Gasteiger partial charge in [-0.2, -0.15) is 0 Å². The molecule has 0 aliphatic carbocycles. The van der Waals surface area contributed by atoms with Gasteiger partial charge in [-0.3, -0.25) is 14.7 Å². The molecule has 1 fully saturated rings. The fourth-order valence-electron chi connectivity index (χ4n) is 2.66. The molecule has 0 saturated carbocycles. The quantitative estimate of drug-likeness (QED) is 0.858. The van der Waals surface area contributed by atoms with Crippen LogP contribution in [0.25, 0.3) is 0 Å². The molecule has 102 valence electrons. The van der Waals surface area contributed by atoms with Gasteiger partial charge in [-0.25, -0.2) is 0 Å². The lowest BCUT2D eigenvalue weighted by Crippen LogP contribution is -2.41. The van der Waals surface area contributed by atoms with Crippen LogP contribution < -0.4 is 5.32 Å². The second kappa shape index (κ2) is 5.27. The lowest BCUT2D eigenvalue weighted by Gasteiger charge is -2.35. The Kier molecular flexibility index (Phi) is 3.48. The van der Waals surface area contributed by atoms with Gasteiger partial charge in [-0.15, -0.1) is 0 Å². The number of rotatable bonds is 3. The van der Waals surface area contributed by atoms with Crippen molar-refractivity contribution in [2.75, 3.05) is 33.4 Å². The van der Waals surface area contributed by atoms with Crippen LogP contribution in [-0.2, 0) is 17.7 Å². The Hall–Kier alpha value is -1.46. The van der Waals surface area contributed by atoms with Crippen LogP contribution in [0.4, 0.5) is 0 Å². The highest BCUT2D eigenvalue weighted by Crippen LogP contribution is 2.21. The van der Waals surface area contributed by atoms with E-state index < -0.39 is 0 Å². The molecule has 1 amide bonds. The average Bonchev–Trinajstić information content (AvgIpc) is 2.41. The maximum Gasteiger partial charge on any atom is 0.269 e.